The molecule has 8 nitrogen and oxygen atoms in total. The quantitative estimate of drug-likeness (QED) is 0.423. The van der Waals surface area contributed by atoms with Crippen LogP contribution in [0.3, 0.4) is 0 Å². The van der Waals surface area contributed by atoms with E-state index in [0.717, 1.165) is 11.3 Å². The van der Waals surface area contributed by atoms with E-state index in [0.29, 0.717) is 37.4 Å². The van der Waals surface area contributed by atoms with Gasteiger partial charge in [-0.3, -0.25) is 9.69 Å². The summed E-state index contributed by atoms with van der Waals surface area (Å²) in [5.41, 5.74) is 1.30. The van der Waals surface area contributed by atoms with Gasteiger partial charge in [0.1, 0.15) is 18.0 Å². The third-order valence-corrected chi connectivity index (χ3v) is 6.46. The Bertz CT molecular complexity index is 1060. The van der Waals surface area contributed by atoms with E-state index in [-0.39, 0.29) is 34.9 Å². The summed E-state index contributed by atoms with van der Waals surface area (Å²) in [4.78, 5) is 28.5. The number of benzene rings is 2. The SMILES string of the molecule is CCOC(=O)CN(C(=O)N1CCC(O)CC1)c1cc(Cl)c(Oc2ccc(OC)c(C(C)C)c2)c(Cl)c1. The molecular formula is C26H32Cl2N2O6. The zero-order valence-corrected chi connectivity index (χ0v) is 22.4. The number of amides is 2. The van der Waals surface area contributed by atoms with E-state index < -0.39 is 18.1 Å². The van der Waals surface area contributed by atoms with Gasteiger partial charge in [-0.25, -0.2) is 4.79 Å². The Morgan fingerprint density at radius 1 is 1.14 bits per heavy atom. The van der Waals surface area contributed by atoms with E-state index in [2.05, 4.69) is 13.8 Å². The third kappa shape index (κ3) is 6.75. The van der Waals surface area contributed by atoms with E-state index in [9.17, 15) is 14.7 Å². The van der Waals surface area contributed by atoms with Crippen LogP contribution in [0.2, 0.25) is 10.0 Å². The summed E-state index contributed by atoms with van der Waals surface area (Å²) in [6.45, 7) is 6.42. The molecule has 1 heterocycles. The lowest BCUT2D eigenvalue weighted by Crippen LogP contribution is -2.49. The van der Waals surface area contributed by atoms with E-state index in [1.807, 2.05) is 12.1 Å². The van der Waals surface area contributed by atoms with Gasteiger partial charge in [-0.15, -0.1) is 0 Å². The highest BCUT2D eigenvalue weighted by atomic mass is 35.5. The van der Waals surface area contributed by atoms with E-state index in [1.165, 1.54) is 17.0 Å². The zero-order chi connectivity index (χ0) is 26.4. The molecule has 2 aromatic rings. The fourth-order valence-electron chi connectivity index (χ4n) is 3.98. The molecule has 196 valence electrons. The smallest absolute Gasteiger partial charge is 0.326 e. The second-order valence-corrected chi connectivity index (χ2v) is 9.61. The van der Waals surface area contributed by atoms with Crippen molar-refractivity contribution in [3.05, 3.63) is 45.9 Å². The maximum Gasteiger partial charge on any atom is 0.326 e. The van der Waals surface area contributed by atoms with Gasteiger partial charge in [0.05, 0.1) is 29.9 Å². The molecular weight excluding hydrogens is 507 g/mol. The molecule has 1 fully saturated rings. The molecule has 36 heavy (non-hydrogen) atoms. The normalized spacial score (nSPS) is 14.1. The molecule has 2 aromatic carbocycles. The molecule has 3 rings (SSSR count). The van der Waals surface area contributed by atoms with Gasteiger partial charge in [0.2, 0.25) is 0 Å². The molecule has 1 N–H and O–H groups in total. The molecule has 1 aliphatic heterocycles. The Hall–Kier alpha value is -2.68. The Kier molecular flexibility index (Phi) is 9.70. The van der Waals surface area contributed by atoms with Gasteiger partial charge in [0.15, 0.2) is 5.75 Å². The lowest BCUT2D eigenvalue weighted by Gasteiger charge is -2.34. The monoisotopic (exact) mass is 538 g/mol. The maximum absolute atomic E-state index is 13.3. The van der Waals surface area contributed by atoms with Crippen LogP contribution in [0, 0.1) is 0 Å². The van der Waals surface area contributed by atoms with E-state index >= 15 is 0 Å². The minimum Gasteiger partial charge on any atom is -0.496 e. The molecule has 10 heteroatoms. The number of carbonyl (C=O) groups excluding carboxylic acids is 2. The molecule has 0 spiro atoms. The highest BCUT2D eigenvalue weighted by molar-refractivity contribution is 6.37. The van der Waals surface area contributed by atoms with Crippen molar-refractivity contribution in [2.24, 2.45) is 0 Å². The van der Waals surface area contributed by atoms with Crippen molar-refractivity contribution in [3.8, 4) is 17.2 Å². The Morgan fingerprint density at radius 2 is 1.78 bits per heavy atom. The van der Waals surface area contributed by atoms with Crippen molar-refractivity contribution < 1.29 is 28.9 Å². The molecule has 1 saturated heterocycles. The number of aliphatic hydroxyl groups is 1. The number of likely N-dealkylation sites (tertiary alicyclic amines) is 1. The second kappa shape index (κ2) is 12.5. The summed E-state index contributed by atoms with van der Waals surface area (Å²) < 4.78 is 16.5. The van der Waals surface area contributed by atoms with Crippen LogP contribution in [0.4, 0.5) is 10.5 Å². The van der Waals surface area contributed by atoms with Crippen LogP contribution < -0.4 is 14.4 Å². The zero-order valence-electron chi connectivity index (χ0n) is 20.9. The Morgan fingerprint density at radius 3 is 2.33 bits per heavy atom. The van der Waals surface area contributed by atoms with Gasteiger partial charge < -0.3 is 24.2 Å². The number of halogens is 2. The Balaban J connectivity index is 1.91. The van der Waals surface area contributed by atoms with Crippen LogP contribution in [0.25, 0.3) is 0 Å². The molecule has 0 aliphatic carbocycles. The number of carbonyl (C=O) groups is 2. The van der Waals surface area contributed by atoms with Crippen LogP contribution >= 0.6 is 23.2 Å². The van der Waals surface area contributed by atoms with Gasteiger partial charge in [0.25, 0.3) is 0 Å². The van der Waals surface area contributed by atoms with Gasteiger partial charge in [0, 0.05) is 24.3 Å². The van der Waals surface area contributed by atoms with Gasteiger partial charge in [-0.2, -0.15) is 0 Å². The minimum absolute atomic E-state index is 0.176. The molecule has 0 atom stereocenters. The largest absolute Gasteiger partial charge is 0.496 e. The predicted molar refractivity (Wildman–Crippen MR) is 140 cm³/mol. The molecule has 0 unspecified atom stereocenters. The van der Waals surface area contributed by atoms with Crippen molar-refractivity contribution in [2.75, 3.05) is 38.3 Å². The maximum atomic E-state index is 13.3. The summed E-state index contributed by atoms with van der Waals surface area (Å²) in [6, 6.07) is 8.11. The molecule has 0 saturated carbocycles. The average Bonchev–Trinajstić information content (AvgIpc) is 2.84. The first kappa shape index (κ1) is 27.9. The second-order valence-electron chi connectivity index (χ2n) is 8.79. The number of urea groups is 1. The number of nitrogens with zero attached hydrogens (tertiary/aromatic N) is 2. The molecule has 0 radical (unpaired) electrons. The molecule has 1 aliphatic rings. The van der Waals surface area contributed by atoms with Gasteiger partial charge in [-0.05, 0) is 56.0 Å². The third-order valence-electron chi connectivity index (χ3n) is 5.90. The van der Waals surface area contributed by atoms with Crippen LogP contribution in [0.5, 0.6) is 17.2 Å². The van der Waals surface area contributed by atoms with E-state index in [4.69, 9.17) is 37.4 Å². The summed E-state index contributed by atoms with van der Waals surface area (Å²) in [5, 5.41) is 10.2. The van der Waals surface area contributed by atoms with Crippen molar-refractivity contribution in [2.45, 2.75) is 45.6 Å². The number of anilines is 1. The van der Waals surface area contributed by atoms with Crippen molar-refractivity contribution in [3.63, 3.8) is 0 Å². The van der Waals surface area contributed by atoms with Crippen molar-refractivity contribution >= 4 is 40.9 Å². The predicted octanol–water partition coefficient (Wildman–Crippen LogP) is 5.86. The minimum atomic E-state index is -0.560. The first-order valence-electron chi connectivity index (χ1n) is 11.9. The fraction of sp³-hybridized carbons (Fsp3) is 0.462. The summed E-state index contributed by atoms with van der Waals surface area (Å²) in [6.07, 6.45) is 0.489. The standard InChI is InChI=1S/C26H32Cl2N2O6/c1-5-35-24(32)15-30(26(33)29-10-8-18(31)9-11-29)17-12-21(27)25(22(28)13-17)36-19-6-7-23(34-4)20(14-19)16(2)3/h6-7,12-14,16,18,31H,5,8-11,15H2,1-4H3. The fourth-order valence-corrected chi connectivity index (χ4v) is 4.53. The number of hydrogen-bond acceptors (Lipinski definition) is 6. The topological polar surface area (TPSA) is 88.5 Å². The summed E-state index contributed by atoms with van der Waals surface area (Å²) in [5.74, 6) is 1.15. The number of ether oxygens (including phenoxy) is 3. The Labute approximate surface area is 221 Å². The van der Waals surface area contributed by atoms with E-state index in [1.54, 1.807) is 25.0 Å². The van der Waals surface area contributed by atoms with Crippen LogP contribution in [-0.4, -0.2) is 61.5 Å². The number of esters is 1. The molecule has 2 amide bonds. The van der Waals surface area contributed by atoms with Crippen molar-refractivity contribution in [1.82, 2.24) is 4.90 Å². The highest BCUT2D eigenvalue weighted by Crippen LogP contribution is 2.41. The average molecular weight is 539 g/mol. The molecule has 0 bridgehead atoms. The van der Waals surface area contributed by atoms with Crippen LogP contribution in [-0.2, 0) is 9.53 Å². The highest BCUT2D eigenvalue weighted by Gasteiger charge is 2.29. The molecule has 0 aromatic heterocycles. The number of aliphatic hydroxyl groups excluding tert-OH is 1. The first-order chi connectivity index (χ1) is 17.1. The van der Waals surface area contributed by atoms with Crippen LogP contribution in [0.1, 0.15) is 45.1 Å². The lowest BCUT2D eigenvalue weighted by atomic mass is 10.0. The number of piperidine rings is 1. The number of rotatable bonds is 8. The lowest BCUT2D eigenvalue weighted by molar-refractivity contribution is -0.141. The van der Waals surface area contributed by atoms with Gasteiger partial charge in [-0.1, -0.05) is 37.0 Å². The summed E-state index contributed by atoms with van der Waals surface area (Å²) >= 11 is 13.1. The summed E-state index contributed by atoms with van der Waals surface area (Å²) in [7, 11) is 1.61. The first-order valence-corrected chi connectivity index (χ1v) is 12.6. The van der Waals surface area contributed by atoms with Crippen LogP contribution in [0.15, 0.2) is 30.3 Å². The number of methoxy groups -OCH3 is 1. The van der Waals surface area contributed by atoms with Crippen molar-refractivity contribution in [1.29, 1.82) is 0 Å². The number of hydrogen-bond donors (Lipinski definition) is 1. The van der Waals surface area contributed by atoms with Gasteiger partial charge >= 0.3 is 12.0 Å².